The minimum absolute atomic E-state index is 0.0404. The lowest BCUT2D eigenvalue weighted by Crippen LogP contribution is -2.41. The summed E-state index contributed by atoms with van der Waals surface area (Å²) in [5.74, 6) is -2.57. The van der Waals surface area contributed by atoms with Crippen molar-refractivity contribution in [1.82, 2.24) is 5.06 Å². The first-order chi connectivity index (χ1) is 15.1. The van der Waals surface area contributed by atoms with Crippen molar-refractivity contribution < 1.29 is 31.8 Å². The molecule has 0 saturated heterocycles. The molecule has 4 rings (SSSR count). The number of nitrogens with zero attached hydrogens (tertiary/aromatic N) is 1. The predicted molar refractivity (Wildman–Crippen MR) is 114 cm³/mol. The van der Waals surface area contributed by atoms with Crippen molar-refractivity contribution in [2.75, 3.05) is 0 Å². The molecule has 0 fully saturated rings. The molecule has 3 aromatic carbocycles. The highest BCUT2D eigenvalue weighted by atomic mass is 32.2. The molecular weight excluding hydrogens is 434 g/mol. The average Bonchev–Trinajstić information content (AvgIpc) is 2.75. The van der Waals surface area contributed by atoms with Crippen LogP contribution in [-0.4, -0.2) is 31.3 Å². The van der Waals surface area contributed by atoms with Gasteiger partial charge in [0, 0.05) is 11.0 Å². The molecule has 0 aromatic heterocycles. The van der Waals surface area contributed by atoms with Crippen LogP contribution in [0.3, 0.4) is 0 Å². The Hall–Kier alpha value is -3.82. The van der Waals surface area contributed by atoms with Crippen molar-refractivity contribution in [3.63, 3.8) is 0 Å². The van der Waals surface area contributed by atoms with Crippen LogP contribution >= 0.6 is 0 Å². The molecule has 1 heterocycles. The smallest absolute Gasteiger partial charge is 0.338 e. The molecule has 32 heavy (non-hydrogen) atoms. The molecule has 8 nitrogen and oxygen atoms in total. The van der Waals surface area contributed by atoms with Gasteiger partial charge in [-0.1, -0.05) is 36.4 Å². The van der Waals surface area contributed by atoms with Gasteiger partial charge in [-0.2, -0.15) is 8.42 Å². The minimum Gasteiger partial charge on any atom is -0.423 e. The van der Waals surface area contributed by atoms with Gasteiger partial charge in [-0.25, -0.2) is 4.79 Å². The summed E-state index contributed by atoms with van der Waals surface area (Å²) in [6.45, 7) is 6.77. The Bertz CT molecular complexity index is 1420. The summed E-state index contributed by atoms with van der Waals surface area (Å²) in [7, 11) is -4.47. The molecule has 162 valence electrons. The molecule has 2 amide bonds. The maximum Gasteiger partial charge on any atom is 0.338 e. The summed E-state index contributed by atoms with van der Waals surface area (Å²) in [5.41, 5.74) is 1.02. The molecular formula is C23H17NO7S. The number of hydroxylamine groups is 2. The van der Waals surface area contributed by atoms with E-state index in [1.165, 1.54) is 37.3 Å². The number of ether oxygens (including phenoxy) is 1. The van der Waals surface area contributed by atoms with Crippen LogP contribution in [0.1, 0.15) is 33.2 Å². The lowest BCUT2D eigenvalue weighted by molar-refractivity contribution is -0.130. The first kappa shape index (κ1) is 21.4. The second-order valence-corrected chi connectivity index (χ2v) is 8.82. The molecule has 9 heteroatoms. The molecule has 0 spiro atoms. The number of benzene rings is 3. The Morgan fingerprint density at radius 1 is 0.969 bits per heavy atom. The highest BCUT2D eigenvalue weighted by molar-refractivity contribution is 7.86. The predicted octanol–water partition coefficient (Wildman–Crippen LogP) is 3.55. The van der Waals surface area contributed by atoms with E-state index in [-0.39, 0.29) is 32.4 Å². The van der Waals surface area contributed by atoms with Gasteiger partial charge < -0.3 is 4.74 Å². The van der Waals surface area contributed by atoms with Gasteiger partial charge in [0.15, 0.2) is 0 Å². The Balaban J connectivity index is 1.78. The second kappa shape index (κ2) is 7.70. The molecule has 0 radical (unpaired) electrons. The number of rotatable bonds is 5. The van der Waals surface area contributed by atoms with Crippen molar-refractivity contribution >= 4 is 38.7 Å². The number of carbonyl (C=O) groups is 3. The van der Waals surface area contributed by atoms with Crippen LogP contribution in [0.4, 0.5) is 0 Å². The van der Waals surface area contributed by atoms with Gasteiger partial charge in [0.1, 0.15) is 5.75 Å². The van der Waals surface area contributed by atoms with Crippen LogP contribution in [0.15, 0.2) is 71.6 Å². The third-order valence-electron chi connectivity index (χ3n) is 4.82. The third-order valence-corrected chi connectivity index (χ3v) is 6.02. The van der Waals surface area contributed by atoms with Crippen LogP contribution in [0.5, 0.6) is 5.75 Å². The number of hydrogen-bond acceptors (Lipinski definition) is 7. The Morgan fingerprint density at radius 2 is 1.62 bits per heavy atom. The zero-order valence-electron chi connectivity index (χ0n) is 17.1. The summed E-state index contributed by atoms with van der Waals surface area (Å²) in [6.07, 6.45) is 0. The van der Waals surface area contributed by atoms with E-state index in [9.17, 15) is 22.8 Å². The number of carbonyl (C=O) groups excluding carboxylic acids is 3. The third kappa shape index (κ3) is 3.68. The fourth-order valence-electron chi connectivity index (χ4n) is 3.23. The number of esters is 1. The molecule has 0 aliphatic carbocycles. The van der Waals surface area contributed by atoms with Gasteiger partial charge in [0.25, 0.3) is 11.8 Å². The lowest BCUT2D eigenvalue weighted by atomic mass is 9.95. The fraction of sp³-hybridized carbons (Fsp3) is 0.0870. The number of imide groups is 1. The Morgan fingerprint density at radius 3 is 2.28 bits per heavy atom. The topological polar surface area (TPSA) is 107 Å². The Labute approximate surface area is 183 Å². The van der Waals surface area contributed by atoms with Gasteiger partial charge in [0.05, 0.1) is 16.0 Å². The van der Waals surface area contributed by atoms with E-state index in [4.69, 9.17) is 9.02 Å². The number of amides is 2. The lowest BCUT2D eigenvalue weighted by Gasteiger charge is -2.25. The highest BCUT2D eigenvalue weighted by Gasteiger charge is 2.38. The summed E-state index contributed by atoms with van der Waals surface area (Å²) in [4.78, 5) is 37.8. The van der Waals surface area contributed by atoms with Crippen LogP contribution in [0, 0.1) is 6.92 Å². The van der Waals surface area contributed by atoms with E-state index in [1.54, 1.807) is 31.2 Å². The standard InChI is InChI=1S/C23H17NO7S/c1-13(2)23(27)30-16-11-15-5-4-6-18-20(15)19(12-16)22(26)24(21(18)25)31-32(28,29)17-9-7-14(3)8-10-17/h4-12H,1H2,2-3H3. The molecule has 1 aliphatic heterocycles. The first-order valence-electron chi connectivity index (χ1n) is 9.43. The first-order valence-corrected chi connectivity index (χ1v) is 10.8. The van der Waals surface area contributed by atoms with Crippen molar-refractivity contribution in [3.05, 3.63) is 83.4 Å². The van der Waals surface area contributed by atoms with Gasteiger partial charge in [-0.15, -0.1) is 9.35 Å². The summed E-state index contributed by atoms with van der Waals surface area (Å²) >= 11 is 0. The van der Waals surface area contributed by atoms with Crippen molar-refractivity contribution in [2.45, 2.75) is 18.7 Å². The summed E-state index contributed by atoms with van der Waals surface area (Å²) in [5, 5.41) is 0.980. The molecule has 0 unspecified atom stereocenters. The largest absolute Gasteiger partial charge is 0.423 e. The van der Waals surface area contributed by atoms with Gasteiger partial charge in [-0.05, 0) is 49.6 Å². The number of hydrogen-bond donors (Lipinski definition) is 0. The molecule has 0 bridgehead atoms. The molecule has 3 aromatic rings. The molecule has 0 saturated carbocycles. The van der Waals surface area contributed by atoms with Gasteiger partial charge in [-0.3, -0.25) is 9.59 Å². The zero-order chi connectivity index (χ0) is 23.2. The normalized spacial score (nSPS) is 13.4. The van der Waals surface area contributed by atoms with Crippen LogP contribution < -0.4 is 4.74 Å². The maximum absolute atomic E-state index is 13.1. The minimum atomic E-state index is -4.47. The monoisotopic (exact) mass is 451 g/mol. The quantitative estimate of drug-likeness (QED) is 0.253. The SMILES string of the molecule is C=C(C)C(=O)Oc1cc2c3c(cccc3c1)C(=O)N(OS(=O)(=O)c1ccc(C)cc1)C2=O. The fourth-order valence-corrected chi connectivity index (χ4v) is 4.11. The summed E-state index contributed by atoms with van der Waals surface area (Å²) < 4.78 is 35.6. The van der Waals surface area contributed by atoms with Crippen LogP contribution in [0.25, 0.3) is 10.8 Å². The van der Waals surface area contributed by atoms with Gasteiger partial charge >= 0.3 is 16.1 Å². The molecule has 0 atom stereocenters. The van der Waals surface area contributed by atoms with E-state index < -0.39 is 27.9 Å². The van der Waals surface area contributed by atoms with Crippen molar-refractivity contribution in [1.29, 1.82) is 0 Å². The van der Waals surface area contributed by atoms with Crippen molar-refractivity contribution in [2.24, 2.45) is 0 Å². The zero-order valence-corrected chi connectivity index (χ0v) is 17.9. The van der Waals surface area contributed by atoms with Crippen LogP contribution in [0.2, 0.25) is 0 Å². The maximum atomic E-state index is 13.1. The van der Waals surface area contributed by atoms with Crippen LogP contribution in [-0.2, 0) is 19.2 Å². The van der Waals surface area contributed by atoms with E-state index in [0.717, 1.165) is 5.56 Å². The van der Waals surface area contributed by atoms with Crippen molar-refractivity contribution in [3.8, 4) is 5.75 Å². The van der Waals surface area contributed by atoms with E-state index in [0.29, 0.717) is 10.8 Å². The summed E-state index contributed by atoms with van der Waals surface area (Å²) in [6, 6.07) is 13.2. The van der Waals surface area contributed by atoms with E-state index >= 15 is 0 Å². The Kier molecular flexibility index (Phi) is 5.15. The number of aryl methyl sites for hydroxylation is 1. The molecule has 1 aliphatic rings. The second-order valence-electron chi connectivity index (χ2n) is 7.29. The molecule has 0 N–H and O–H groups in total. The highest BCUT2D eigenvalue weighted by Crippen LogP contribution is 2.34. The van der Waals surface area contributed by atoms with Gasteiger partial charge in [0.2, 0.25) is 0 Å². The average molecular weight is 451 g/mol. The van der Waals surface area contributed by atoms with E-state index in [1.807, 2.05) is 0 Å². The van der Waals surface area contributed by atoms with E-state index in [2.05, 4.69) is 6.58 Å².